The smallest absolute Gasteiger partial charge is 0.229 e. The van der Waals surface area contributed by atoms with Crippen molar-refractivity contribution in [3.05, 3.63) is 41.3 Å². The van der Waals surface area contributed by atoms with Gasteiger partial charge >= 0.3 is 0 Å². The highest BCUT2D eigenvalue weighted by molar-refractivity contribution is 7.88. The van der Waals surface area contributed by atoms with Gasteiger partial charge in [-0.15, -0.1) is 0 Å². The second kappa shape index (κ2) is 8.21. The Morgan fingerprint density at radius 2 is 2.03 bits per heavy atom. The molecule has 0 amide bonds. The molecular weight excluding hydrogens is 395 g/mol. The van der Waals surface area contributed by atoms with Crippen LogP contribution in [-0.2, 0) is 23.0 Å². The van der Waals surface area contributed by atoms with Gasteiger partial charge in [0.25, 0.3) is 0 Å². The predicted octanol–water partition coefficient (Wildman–Crippen LogP) is 1.84. The fraction of sp³-hybridized carbons (Fsp3) is 0.474. The van der Waals surface area contributed by atoms with Crippen molar-refractivity contribution in [3.63, 3.8) is 0 Å². The summed E-state index contributed by atoms with van der Waals surface area (Å²) in [4.78, 5) is 8.33. The van der Waals surface area contributed by atoms with Crippen LogP contribution in [-0.4, -0.2) is 54.6 Å². The van der Waals surface area contributed by atoms with Crippen LogP contribution in [0.1, 0.15) is 24.0 Å². The zero-order valence-electron chi connectivity index (χ0n) is 16.3. The van der Waals surface area contributed by atoms with Crippen LogP contribution in [0.4, 0.5) is 21.8 Å². The molecule has 3 N–H and O–H groups in total. The number of aromatic nitrogens is 2. The third kappa shape index (κ3) is 4.82. The van der Waals surface area contributed by atoms with Crippen molar-refractivity contribution < 1.29 is 12.8 Å². The summed E-state index contributed by atoms with van der Waals surface area (Å²) in [6, 6.07) is 6.09. The molecule has 8 nitrogen and oxygen atoms in total. The van der Waals surface area contributed by atoms with Gasteiger partial charge in [-0.1, -0.05) is 6.07 Å². The van der Waals surface area contributed by atoms with E-state index < -0.39 is 15.8 Å². The van der Waals surface area contributed by atoms with Crippen molar-refractivity contribution >= 4 is 27.5 Å². The number of piperidine rings is 1. The second-order valence-electron chi connectivity index (χ2n) is 7.51. The first kappa shape index (κ1) is 20.0. The van der Waals surface area contributed by atoms with Crippen LogP contribution in [0.25, 0.3) is 0 Å². The molecule has 29 heavy (non-hydrogen) atoms. The molecule has 1 saturated heterocycles. The molecule has 4 rings (SSSR count). The number of sulfonamides is 1. The first-order valence-corrected chi connectivity index (χ1v) is 11.6. The molecule has 1 aromatic carbocycles. The summed E-state index contributed by atoms with van der Waals surface area (Å²) in [6.07, 6.45) is 4.55. The molecule has 0 radical (unpaired) electrons. The number of nitrogens with zero attached hydrogens (tertiary/aromatic N) is 3. The molecule has 0 aliphatic carbocycles. The number of rotatable bonds is 5. The molecule has 0 saturated carbocycles. The zero-order chi connectivity index (χ0) is 20.4. The minimum atomic E-state index is -3.19. The van der Waals surface area contributed by atoms with Crippen LogP contribution < -0.4 is 16.0 Å². The fourth-order valence-electron chi connectivity index (χ4n) is 3.74. The lowest BCUT2D eigenvalue weighted by Gasteiger charge is -2.30. The first-order valence-electron chi connectivity index (χ1n) is 9.72. The van der Waals surface area contributed by atoms with Crippen molar-refractivity contribution in [2.75, 3.05) is 36.5 Å². The molecule has 2 aliphatic heterocycles. The number of hydrogen-bond donors (Lipinski definition) is 3. The molecule has 0 unspecified atom stereocenters. The van der Waals surface area contributed by atoms with Gasteiger partial charge in [0.2, 0.25) is 16.0 Å². The van der Waals surface area contributed by atoms with Crippen molar-refractivity contribution in [1.29, 1.82) is 0 Å². The van der Waals surface area contributed by atoms with Crippen molar-refractivity contribution in [3.8, 4) is 0 Å². The largest absolute Gasteiger partial charge is 0.365 e. The van der Waals surface area contributed by atoms with E-state index in [1.807, 2.05) is 6.07 Å². The van der Waals surface area contributed by atoms with E-state index in [1.165, 1.54) is 21.7 Å². The van der Waals surface area contributed by atoms with Gasteiger partial charge in [-0.25, -0.2) is 22.1 Å². The number of halogens is 1. The van der Waals surface area contributed by atoms with E-state index in [0.29, 0.717) is 31.9 Å². The minimum absolute atomic E-state index is 0.0416. The highest BCUT2D eigenvalue weighted by atomic mass is 32.2. The Morgan fingerprint density at radius 1 is 1.24 bits per heavy atom. The molecule has 0 bridgehead atoms. The van der Waals surface area contributed by atoms with Crippen molar-refractivity contribution in [1.82, 2.24) is 19.6 Å². The maximum Gasteiger partial charge on any atom is 0.229 e. The Morgan fingerprint density at radius 3 is 2.79 bits per heavy atom. The Balaban J connectivity index is 1.43. The average Bonchev–Trinajstić information content (AvgIpc) is 2.70. The average molecular weight is 421 g/mol. The maximum absolute atomic E-state index is 14.2. The van der Waals surface area contributed by atoms with Gasteiger partial charge in [0.15, 0.2) is 11.6 Å². The number of benzene rings is 1. The van der Waals surface area contributed by atoms with E-state index in [9.17, 15) is 12.8 Å². The number of anilines is 3. The Labute approximate surface area is 170 Å². The van der Waals surface area contributed by atoms with E-state index in [4.69, 9.17) is 0 Å². The van der Waals surface area contributed by atoms with Crippen molar-refractivity contribution in [2.45, 2.75) is 31.8 Å². The van der Waals surface area contributed by atoms with E-state index in [2.05, 4.69) is 38.1 Å². The fourth-order valence-corrected chi connectivity index (χ4v) is 4.62. The van der Waals surface area contributed by atoms with E-state index >= 15 is 0 Å². The quantitative estimate of drug-likeness (QED) is 0.679. The number of hydrogen-bond acceptors (Lipinski definition) is 7. The normalized spacial score (nSPS) is 18.3. The Kier molecular flexibility index (Phi) is 5.66. The van der Waals surface area contributed by atoms with Crippen LogP contribution in [0.5, 0.6) is 0 Å². The molecule has 3 heterocycles. The SMILES string of the molecule is CS(=O)(=O)N1CCC(Nc2nc(Nc3ccc4c(c3)CNCC4)ncc2F)CC1. The summed E-state index contributed by atoms with van der Waals surface area (Å²) in [5.74, 6) is -0.0955. The second-order valence-corrected chi connectivity index (χ2v) is 9.49. The van der Waals surface area contributed by atoms with E-state index in [1.54, 1.807) is 0 Å². The Bertz CT molecular complexity index is 992. The van der Waals surface area contributed by atoms with Gasteiger partial charge in [-0.2, -0.15) is 4.98 Å². The van der Waals surface area contributed by atoms with Gasteiger partial charge in [0, 0.05) is 31.4 Å². The monoisotopic (exact) mass is 420 g/mol. The van der Waals surface area contributed by atoms with Gasteiger partial charge in [0.1, 0.15) is 0 Å². The summed E-state index contributed by atoms with van der Waals surface area (Å²) in [5.41, 5.74) is 3.42. The highest BCUT2D eigenvalue weighted by Crippen LogP contribution is 2.23. The standard InChI is InChI=1S/C19H25FN6O2S/c1-29(27,28)26-8-5-15(6-9-26)23-18-17(20)12-22-19(25-18)24-16-3-2-13-4-7-21-11-14(13)10-16/h2-3,10,12,15,21H,4-9,11H2,1H3,(H2,22,23,24,25). The maximum atomic E-state index is 14.2. The number of nitrogens with one attached hydrogen (secondary N) is 3. The summed E-state index contributed by atoms with van der Waals surface area (Å²) in [5, 5.41) is 9.59. The van der Waals surface area contributed by atoms with Crippen LogP contribution in [0.3, 0.4) is 0 Å². The molecule has 1 fully saturated rings. The lowest BCUT2D eigenvalue weighted by Crippen LogP contribution is -2.42. The molecule has 0 spiro atoms. The highest BCUT2D eigenvalue weighted by Gasteiger charge is 2.25. The Hall–Kier alpha value is -2.30. The van der Waals surface area contributed by atoms with Crippen LogP contribution in [0.15, 0.2) is 24.4 Å². The molecule has 10 heteroatoms. The van der Waals surface area contributed by atoms with Gasteiger partial charge in [-0.3, -0.25) is 0 Å². The topological polar surface area (TPSA) is 99.2 Å². The van der Waals surface area contributed by atoms with E-state index in [0.717, 1.165) is 31.4 Å². The van der Waals surface area contributed by atoms with Gasteiger partial charge < -0.3 is 16.0 Å². The van der Waals surface area contributed by atoms with Gasteiger partial charge in [-0.05, 0) is 49.1 Å². The lowest BCUT2D eigenvalue weighted by molar-refractivity contribution is 0.331. The van der Waals surface area contributed by atoms with E-state index in [-0.39, 0.29) is 11.9 Å². The summed E-state index contributed by atoms with van der Waals surface area (Å²) in [7, 11) is -3.19. The third-order valence-electron chi connectivity index (χ3n) is 5.36. The molecular formula is C19H25FN6O2S. The first-order chi connectivity index (χ1) is 13.9. The lowest BCUT2D eigenvalue weighted by atomic mass is 10.0. The predicted molar refractivity (Wildman–Crippen MR) is 110 cm³/mol. The summed E-state index contributed by atoms with van der Waals surface area (Å²) >= 11 is 0. The summed E-state index contributed by atoms with van der Waals surface area (Å²) in [6.45, 7) is 2.64. The molecule has 156 valence electrons. The van der Waals surface area contributed by atoms with Crippen LogP contribution in [0.2, 0.25) is 0 Å². The number of fused-ring (bicyclic) bond motifs is 1. The molecule has 2 aromatic rings. The van der Waals surface area contributed by atoms with Crippen molar-refractivity contribution in [2.24, 2.45) is 0 Å². The molecule has 0 atom stereocenters. The van der Waals surface area contributed by atoms with Crippen LogP contribution in [0, 0.1) is 5.82 Å². The van der Waals surface area contributed by atoms with Gasteiger partial charge in [0.05, 0.1) is 12.5 Å². The zero-order valence-corrected chi connectivity index (χ0v) is 17.1. The molecule has 1 aromatic heterocycles. The van der Waals surface area contributed by atoms with Crippen LogP contribution >= 0.6 is 0 Å². The molecule has 2 aliphatic rings. The minimum Gasteiger partial charge on any atom is -0.365 e. The summed E-state index contributed by atoms with van der Waals surface area (Å²) < 4.78 is 38.9. The third-order valence-corrected chi connectivity index (χ3v) is 6.66.